The Morgan fingerprint density at radius 2 is 2.35 bits per heavy atom. The van der Waals surface area contributed by atoms with Crippen LogP contribution in [-0.4, -0.2) is 19.1 Å². The van der Waals surface area contributed by atoms with Crippen LogP contribution in [0.25, 0.3) is 0 Å². The predicted octanol–water partition coefficient (Wildman–Crippen LogP) is 1.95. The molecule has 1 heterocycles. The molecule has 3 rings (SSSR count). The molecule has 1 amide bonds. The lowest BCUT2D eigenvalue weighted by atomic mass is 10.0. The monoisotopic (exact) mass is 299 g/mol. The van der Waals surface area contributed by atoms with Crippen LogP contribution >= 0.6 is 15.9 Å². The molecular formula is C12H11BrFNO2. The highest BCUT2D eigenvalue weighted by molar-refractivity contribution is 9.10. The van der Waals surface area contributed by atoms with Crippen LogP contribution in [0.4, 0.5) is 4.39 Å². The van der Waals surface area contributed by atoms with Crippen molar-refractivity contribution in [2.24, 2.45) is 5.92 Å². The fourth-order valence-corrected chi connectivity index (χ4v) is 2.86. The molecule has 3 nitrogen and oxygen atoms in total. The second-order valence-corrected chi connectivity index (χ2v) is 5.48. The van der Waals surface area contributed by atoms with Gasteiger partial charge in [-0.1, -0.05) is 15.9 Å². The van der Waals surface area contributed by atoms with E-state index in [2.05, 4.69) is 21.2 Å². The second kappa shape index (κ2) is 3.78. The van der Waals surface area contributed by atoms with E-state index in [-0.39, 0.29) is 24.2 Å². The first-order chi connectivity index (χ1) is 8.12. The fraction of sp³-hybridized carbons (Fsp3) is 0.417. The highest BCUT2D eigenvalue weighted by atomic mass is 79.9. The molecule has 2 fully saturated rings. The minimum absolute atomic E-state index is 0.0634. The number of fused-ring (bicyclic) bond motifs is 1. The third-order valence-corrected chi connectivity index (χ3v) is 3.92. The van der Waals surface area contributed by atoms with Crippen LogP contribution in [0.1, 0.15) is 12.0 Å². The number of carbonyl (C=O) groups is 1. The van der Waals surface area contributed by atoms with Crippen LogP contribution in [-0.2, 0) is 15.1 Å². The summed E-state index contributed by atoms with van der Waals surface area (Å²) in [5.41, 5.74) is -0.00252. The molecule has 1 aliphatic heterocycles. The Morgan fingerprint density at radius 3 is 3.18 bits per heavy atom. The van der Waals surface area contributed by atoms with Gasteiger partial charge in [0.2, 0.25) is 5.91 Å². The third kappa shape index (κ3) is 1.77. The maximum absolute atomic E-state index is 13.9. The molecule has 90 valence electrons. The van der Waals surface area contributed by atoms with Crippen LogP contribution < -0.4 is 5.32 Å². The van der Waals surface area contributed by atoms with Gasteiger partial charge in [-0.25, -0.2) is 4.39 Å². The summed E-state index contributed by atoms with van der Waals surface area (Å²) < 4.78 is 19.9. The Hall–Kier alpha value is -0.940. The number of carbonyl (C=O) groups excluding carboxylic acids is 1. The lowest BCUT2D eigenvalue weighted by Crippen LogP contribution is -2.37. The van der Waals surface area contributed by atoms with E-state index in [0.717, 1.165) is 10.9 Å². The van der Waals surface area contributed by atoms with E-state index < -0.39 is 5.54 Å². The summed E-state index contributed by atoms with van der Waals surface area (Å²) in [7, 11) is 0. The topological polar surface area (TPSA) is 38.3 Å². The van der Waals surface area contributed by atoms with Crippen LogP contribution in [0.3, 0.4) is 0 Å². The zero-order valence-electron chi connectivity index (χ0n) is 9.00. The number of halogens is 2. The Bertz CT molecular complexity index is 493. The van der Waals surface area contributed by atoms with Gasteiger partial charge in [0.15, 0.2) is 0 Å². The zero-order valence-corrected chi connectivity index (χ0v) is 10.6. The smallest absolute Gasteiger partial charge is 0.246 e. The van der Waals surface area contributed by atoms with Crippen LogP contribution in [0, 0.1) is 11.7 Å². The van der Waals surface area contributed by atoms with Gasteiger partial charge in [0.05, 0.1) is 12.1 Å². The lowest BCUT2D eigenvalue weighted by molar-refractivity contribution is -0.125. The summed E-state index contributed by atoms with van der Waals surface area (Å²) in [5.74, 6) is -0.278. The molecule has 0 unspecified atom stereocenters. The zero-order chi connectivity index (χ0) is 12.0. The first-order valence-electron chi connectivity index (χ1n) is 5.46. The van der Waals surface area contributed by atoms with E-state index in [1.165, 1.54) is 6.07 Å². The summed E-state index contributed by atoms with van der Waals surface area (Å²) >= 11 is 3.33. The highest BCUT2D eigenvalue weighted by Gasteiger charge is 2.58. The van der Waals surface area contributed by atoms with Crippen molar-refractivity contribution in [2.75, 3.05) is 13.2 Å². The second-order valence-electron chi connectivity index (χ2n) is 4.56. The van der Waals surface area contributed by atoms with E-state index in [1.54, 1.807) is 12.1 Å². The van der Waals surface area contributed by atoms with Gasteiger partial charge in [-0.3, -0.25) is 4.79 Å². The standard InChI is InChI=1S/C12H11BrFNO2/c13-8-1-2-10(14)9(3-8)12-4-7(12)5-17-6-11(16)15-12/h1-3,7H,4-6H2,(H,15,16)/t7-,12-/m0/s1. The summed E-state index contributed by atoms with van der Waals surface area (Å²) in [4.78, 5) is 11.5. The fourth-order valence-electron chi connectivity index (χ4n) is 2.50. The SMILES string of the molecule is O=C1COC[C@@H]2C[C@]2(c2cc(Br)ccc2F)N1. The molecule has 1 aromatic rings. The Morgan fingerprint density at radius 1 is 1.53 bits per heavy atom. The number of hydrogen-bond acceptors (Lipinski definition) is 2. The van der Waals surface area contributed by atoms with Crippen LogP contribution in [0.2, 0.25) is 0 Å². The van der Waals surface area contributed by atoms with Gasteiger partial charge in [0.25, 0.3) is 0 Å². The van der Waals surface area contributed by atoms with E-state index in [4.69, 9.17) is 4.74 Å². The molecule has 2 aliphatic rings. The molecule has 0 bridgehead atoms. The van der Waals surface area contributed by atoms with Gasteiger partial charge >= 0.3 is 0 Å². The van der Waals surface area contributed by atoms with Gasteiger partial charge in [0, 0.05) is 16.0 Å². The average molecular weight is 300 g/mol. The van der Waals surface area contributed by atoms with Crippen LogP contribution in [0.15, 0.2) is 22.7 Å². The normalized spacial score (nSPS) is 31.4. The average Bonchev–Trinajstić information content (AvgIpc) is 2.96. The summed E-state index contributed by atoms with van der Waals surface area (Å²) in [5, 5.41) is 2.89. The summed E-state index contributed by atoms with van der Waals surface area (Å²) in [6.45, 7) is 0.568. The highest BCUT2D eigenvalue weighted by Crippen LogP contribution is 2.53. The largest absolute Gasteiger partial charge is 0.371 e. The quantitative estimate of drug-likeness (QED) is 0.861. The molecule has 1 N–H and O–H groups in total. The molecule has 1 saturated carbocycles. The van der Waals surface area contributed by atoms with Gasteiger partial charge in [0.1, 0.15) is 12.4 Å². The summed E-state index contributed by atoms with van der Waals surface area (Å²) in [6.07, 6.45) is 0.742. The van der Waals surface area contributed by atoms with Crippen molar-refractivity contribution in [3.63, 3.8) is 0 Å². The molecule has 0 aromatic heterocycles. The minimum Gasteiger partial charge on any atom is -0.371 e. The van der Waals surface area contributed by atoms with Crippen molar-refractivity contribution in [2.45, 2.75) is 12.0 Å². The van der Waals surface area contributed by atoms with E-state index in [1.807, 2.05) is 0 Å². The van der Waals surface area contributed by atoms with Gasteiger partial charge in [-0.05, 0) is 24.6 Å². The van der Waals surface area contributed by atoms with E-state index >= 15 is 0 Å². The van der Waals surface area contributed by atoms with Crippen molar-refractivity contribution in [3.05, 3.63) is 34.1 Å². The predicted molar refractivity (Wildman–Crippen MR) is 62.8 cm³/mol. The van der Waals surface area contributed by atoms with Gasteiger partial charge in [-0.15, -0.1) is 0 Å². The first-order valence-corrected chi connectivity index (χ1v) is 6.25. The number of rotatable bonds is 1. The van der Waals surface area contributed by atoms with Crippen LogP contribution in [0.5, 0.6) is 0 Å². The number of ether oxygens (including phenoxy) is 1. The third-order valence-electron chi connectivity index (χ3n) is 3.43. The molecular weight excluding hydrogens is 289 g/mol. The van der Waals surface area contributed by atoms with Crippen molar-refractivity contribution < 1.29 is 13.9 Å². The molecule has 0 radical (unpaired) electrons. The lowest BCUT2D eigenvalue weighted by Gasteiger charge is -2.18. The molecule has 17 heavy (non-hydrogen) atoms. The number of benzene rings is 1. The number of nitrogens with one attached hydrogen (secondary N) is 1. The van der Waals surface area contributed by atoms with Crippen molar-refractivity contribution >= 4 is 21.8 Å². The number of amides is 1. The minimum atomic E-state index is -0.554. The number of hydrogen-bond donors (Lipinski definition) is 1. The Balaban J connectivity index is 2.03. The molecule has 5 heteroatoms. The van der Waals surface area contributed by atoms with E-state index in [9.17, 15) is 9.18 Å². The molecule has 1 aromatic carbocycles. The Kier molecular flexibility index (Phi) is 2.48. The molecule has 2 atom stereocenters. The maximum atomic E-state index is 13.9. The summed E-state index contributed by atoms with van der Waals surface area (Å²) in [6, 6.07) is 4.81. The van der Waals surface area contributed by atoms with Crippen molar-refractivity contribution in [3.8, 4) is 0 Å². The first kappa shape index (κ1) is 11.2. The van der Waals surface area contributed by atoms with E-state index in [0.29, 0.717) is 12.2 Å². The van der Waals surface area contributed by atoms with Gasteiger partial charge in [-0.2, -0.15) is 0 Å². The molecule has 0 spiro atoms. The van der Waals surface area contributed by atoms with Crippen molar-refractivity contribution in [1.29, 1.82) is 0 Å². The Labute approximate surface area is 106 Å². The van der Waals surface area contributed by atoms with Crippen molar-refractivity contribution in [1.82, 2.24) is 5.32 Å². The molecule has 1 aliphatic carbocycles. The maximum Gasteiger partial charge on any atom is 0.246 e. The van der Waals surface area contributed by atoms with Gasteiger partial charge < -0.3 is 10.1 Å². The molecule has 1 saturated heterocycles.